The number of rotatable bonds is 9. The molecule has 0 atom stereocenters. The molecular formula is C18H21FN2O2S. The number of aryl methyl sites for hydroxylation is 1. The molecule has 0 radical (unpaired) electrons. The molecule has 4 nitrogen and oxygen atoms in total. The average molecular weight is 348 g/mol. The SMILES string of the molecule is COCCNC(=O)c1cccnc1SCCCc1ccc(F)cc1. The Kier molecular flexibility index (Phi) is 7.71. The van der Waals surface area contributed by atoms with Crippen LogP contribution in [0.2, 0.25) is 0 Å². The van der Waals surface area contributed by atoms with E-state index in [1.165, 1.54) is 12.1 Å². The van der Waals surface area contributed by atoms with Crippen LogP contribution in [0.5, 0.6) is 0 Å². The van der Waals surface area contributed by atoms with Crippen molar-refractivity contribution in [2.24, 2.45) is 0 Å². The fraction of sp³-hybridized carbons (Fsp3) is 0.333. The summed E-state index contributed by atoms with van der Waals surface area (Å²) in [6.07, 6.45) is 3.49. The first kappa shape index (κ1) is 18.4. The Hall–Kier alpha value is -1.92. The van der Waals surface area contributed by atoms with E-state index in [1.54, 1.807) is 49.3 Å². The van der Waals surface area contributed by atoms with Gasteiger partial charge in [0.2, 0.25) is 0 Å². The number of halogens is 1. The van der Waals surface area contributed by atoms with Crippen molar-refractivity contribution in [1.29, 1.82) is 0 Å². The monoisotopic (exact) mass is 348 g/mol. The Labute approximate surface area is 145 Å². The number of carbonyl (C=O) groups excluding carboxylic acids is 1. The van der Waals surface area contributed by atoms with Crippen LogP contribution < -0.4 is 5.32 Å². The number of hydrogen-bond donors (Lipinski definition) is 1. The van der Waals surface area contributed by atoms with Gasteiger partial charge < -0.3 is 10.1 Å². The zero-order valence-electron chi connectivity index (χ0n) is 13.6. The number of carbonyl (C=O) groups is 1. The Morgan fingerprint density at radius 1 is 1.29 bits per heavy atom. The Morgan fingerprint density at radius 3 is 2.83 bits per heavy atom. The maximum absolute atomic E-state index is 12.9. The molecular weight excluding hydrogens is 327 g/mol. The Morgan fingerprint density at radius 2 is 2.08 bits per heavy atom. The summed E-state index contributed by atoms with van der Waals surface area (Å²) in [6.45, 7) is 0.949. The van der Waals surface area contributed by atoms with E-state index >= 15 is 0 Å². The molecule has 0 saturated heterocycles. The van der Waals surface area contributed by atoms with Crippen LogP contribution in [0, 0.1) is 5.82 Å². The molecule has 6 heteroatoms. The summed E-state index contributed by atoms with van der Waals surface area (Å²) in [6, 6.07) is 10.1. The lowest BCUT2D eigenvalue weighted by Gasteiger charge is -2.09. The molecule has 2 aromatic rings. The molecule has 0 aliphatic carbocycles. The summed E-state index contributed by atoms with van der Waals surface area (Å²) in [7, 11) is 1.60. The molecule has 0 aliphatic rings. The quantitative estimate of drug-likeness (QED) is 0.558. The van der Waals surface area contributed by atoms with Gasteiger partial charge in [0.15, 0.2) is 0 Å². The Bertz CT molecular complexity index is 650. The molecule has 1 N–H and O–H groups in total. The summed E-state index contributed by atoms with van der Waals surface area (Å²) >= 11 is 1.56. The van der Waals surface area contributed by atoms with Crippen LogP contribution in [0.25, 0.3) is 0 Å². The standard InChI is InChI=1S/C18H21FN2O2S/c1-23-12-11-20-17(22)16-5-2-10-21-18(16)24-13-3-4-14-6-8-15(19)9-7-14/h2,5-10H,3-4,11-13H2,1H3,(H,20,22). The zero-order valence-corrected chi connectivity index (χ0v) is 14.4. The van der Waals surface area contributed by atoms with Crippen LogP contribution >= 0.6 is 11.8 Å². The number of methoxy groups -OCH3 is 1. The number of aromatic nitrogens is 1. The van der Waals surface area contributed by atoms with Gasteiger partial charge in [-0.3, -0.25) is 4.79 Å². The van der Waals surface area contributed by atoms with E-state index in [0.29, 0.717) is 18.7 Å². The highest BCUT2D eigenvalue weighted by molar-refractivity contribution is 7.99. The second kappa shape index (κ2) is 10.1. The van der Waals surface area contributed by atoms with Gasteiger partial charge in [-0.25, -0.2) is 9.37 Å². The van der Waals surface area contributed by atoms with Crippen LogP contribution in [0.1, 0.15) is 22.3 Å². The highest BCUT2D eigenvalue weighted by Gasteiger charge is 2.12. The van der Waals surface area contributed by atoms with Gasteiger partial charge >= 0.3 is 0 Å². The smallest absolute Gasteiger partial charge is 0.254 e. The van der Waals surface area contributed by atoms with Gasteiger partial charge in [0.1, 0.15) is 10.8 Å². The molecule has 0 bridgehead atoms. The minimum Gasteiger partial charge on any atom is -0.383 e. The number of amides is 1. The molecule has 128 valence electrons. The van der Waals surface area contributed by atoms with E-state index < -0.39 is 0 Å². The van der Waals surface area contributed by atoms with Gasteiger partial charge in [-0.05, 0) is 48.4 Å². The first-order chi connectivity index (χ1) is 11.7. The van der Waals surface area contributed by atoms with Gasteiger partial charge in [-0.2, -0.15) is 0 Å². The van der Waals surface area contributed by atoms with E-state index in [0.717, 1.165) is 29.2 Å². The van der Waals surface area contributed by atoms with Gasteiger partial charge in [0.25, 0.3) is 5.91 Å². The number of nitrogens with zero attached hydrogens (tertiary/aromatic N) is 1. The second-order valence-corrected chi connectivity index (χ2v) is 6.27. The van der Waals surface area contributed by atoms with Crippen LogP contribution in [0.4, 0.5) is 4.39 Å². The molecule has 1 aromatic heterocycles. The lowest BCUT2D eigenvalue weighted by molar-refractivity contribution is 0.0933. The third-order valence-corrected chi connectivity index (χ3v) is 4.46. The molecule has 1 aromatic carbocycles. The van der Waals surface area contributed by atoms with Crippen LogP contribution in [0.3, 0.4) is 0 Å². The number of hydrogen-bond acceptors (Lipinski definition) is 4. The van der Waals surface area contributed by atoms with E-state index in [2.05, 4.69) is 10.3 Å². The summed E-state index contributed by atoms with van der Waals surface area (Å²) in [5.41, 5.74) is 1.69. The van der Waals surface area contributed by atoms with Gasteiger partial charge in [0, 0.05) is 19.9 Å². The number of ether oxygens (including phenoxy) is 1. The van der Waals surface area contributed by atoms with Crippen molar-refractivity contribution in [1.82, 2.24) is 10.3 Å². The number of benzene rings is 1. The average Bonchev–Trinajstić information content (AvgIpc) is 2.61. The van der Waals surface area contributed by atoms with Crippen LogP contribution in [-0.2, 0) is 11.2 Å². The number of thioether (sulfide) groups is 1. The van der Waals surface area contributed by atoms with Crippen molar-refractivity contribution >= 4 is 17.7 Å². The van der Waals surface area contributed by atoms with Crippen molar-refractivity contribution in [2.75, 3.05) is 26.0 Å². The lowest BCUT2D eigenvalue weighted by Crippen LogP contribution is -2.27. The summed E-state index contributed by atoms with van der Waals surface area (Å²) in [5.74, 6) is 0.485. The molecule has 1 heterocycles. The van der Waals surface area contributed by atoms with Crippen LogP contribution in [-0.4, -0.2) is 36.9 Å². The van der Waals surface area contributed by atoms with Crippen molar-refractivity contribution in [3.63, 3.8) is 0 Å². The van der Waals surface area contributed by atoms with Crippen LogP contribution in [0.15, 0.2) is 47.6 Å². The maximum Gasteiger partial charge on any atom is 0.254 e. The fourth-order valence-electron chi connectivity index (χ4n) is 2.14. The minimum absolute atomic E-state index is 0.138. The maximum atomic E-state index is 12.9. The fourth-order valence-corrected chi connectivity index (χ4v) is 3.07. The molecule has 1 amide bonds. The van der Waals surface area contributed by atoms with Gasteiger partial charge in [-0.15, -0.1) is 11.8 Å². The summed E-state index contributed by atoms with van der Waals surface area (Å²) < 4.78 is 17.8. The van der Waals surface area contributed by atoms with E-state index in [4.69, 9.17) is 4.74 Å². The highest BCUT2D eigenvalue weighted by atomic mass is 32.2. The first-order valence-corrected chi connectivity index (χ1v) is 8.78. The molecule has 0 unspecified atom stereocenters. The van der Waals surface area contributed by atoms with Gasteiger partial charge in [0.05, 0.1) is 12.2 Å². The molecule has 0 fully saturated rings. The van der Waals surface area contributed by atoms with E-state index in [9.17, 15) is 9.18 Å². The minimum atomic E-state index is -0.217. The Balaban J connectivity index is 1.83. The van der Waals surface area contributed by atoms with Gasteiger partial charge in [-0.1, -0.05) is 12.1 Å². The van der Waals surface area contributed by atoms with Crippen molar-refractivity contribution in [2.45, 2.75) is 17.9 Å². The van der Waals surface area contributed by atoms with E-state index in [-0.39, 0.29) is 11.7 Å². The third kappa shape index (κ3) is 5.94. The topological polar surface area (TPSA) is 51.2 Å². The number of pyridine rings is 1. The molecule has 24 heavy (non-hydrogen) atoms. The van der Waals surface area contributed by atoms with Crippen molar-refractivity contribution in [3.8, 4) is 0 Å². The third-order valence-electron chi connectivity index (χ3n) is 3.37. The molecule has 0 spiro atoms. The summed E-state index contributed by atoms with van der Waals surface area (Å²) in [5, 5.41) is 3.54. The normalized spacial score (nSPS) is 10.6. The predicted octanol–water partition coefficient (Wildman–Crippen LogP) is 3.32. The lowest BCUT2D eigenvalue weighted by atomic mass is 10.1. The zero-order chi connectivity index (χ0) is 17.2. The first-order valence-electron chi connectivity index (χ1n) is 7.80. The second-order valence-electron chi connectivity index (χ2n) is 5.18. The number of nitrogens with one attached hydrogen (secondary N) is 1. The van der Waals surface area contributed by atoms with Crippen molar-refractivity contribution in [3.05, 3.63) is 59.5 Å². The largest absolute Gasteiger partial charge is 0.383 e. The predicted molar refractivity (Wildman–Crippen MR) is 93.9 cm³/mol. The van der Waals surface area contributed by atoms with Crippen molar-refractivity contribution < 1.29 is 13.9 Å². The van der Waals surface area contributed by atoms with E-state index in [1.807, 2.05) is 0 Å². The summed E-state index contributed by atoms with van der Waals surface area (Å²) in [4.78, 5) is 16.5. The molecule has 2 rings (SSSR count). The highest BCUT2D eigenvalue weighted by Crippen LogP contribution is 2.21. The molecule has 0 saturated carbocycles. The molecule has 0 aliphatic heterocycles.